The van der Waals surface area contributed by atoms with Crippen LogP contribution in [0, 0.1) is 0 Å². The number of nitrogens with zero attached hydrogens (tertiary/aromatic N) is 2. The maximum atomic E-state index is 12.4. The fourth-order valence-corrected chi connectivity index (χ4v) is 2.71. The van der Waals surface area contributed by atoms with Crippen LogP contribution in [0.3, 0.4) is 0 Å². The Morgan fingerprint density at radius 1 is 0.964 bits per heavy atom. The van der Waals surface area contributed by atoms with Gasteiger partial charge in [0, 0.05) is 17.3 Å². The Bertz CT molecular complexity index is 930. The number of aromatic nitrogens is 2. The van der Waals surface area contributed by atoms with Crippen molar-refractivity contribution in [1.82, 2.24) is 9.97 Å². The summed E-state index contributed by atoms with van der Waals surface area (Å²) in [5.41, 5.74) is 3.35. The molecule has 0 aliphatic rings. The van der Waals surface area contributed by atoms with Crippen LogP contribution in [-0.2, 0) is 12.0 Å². The smallest absolute Gasteiger partial charge is 0.275 e. The highest BCUT2D eigenvalue weighted by atomic mass is 35.5. The lowest BCUT2D eigenvalue weighted by atomic mass is 9.87. The van der Waals surface area contributed by atoms with Crippen molar-refractivity contribution in [3.63, 3.8) is 0 Å². The molecule has 6 heteroatoms. The second kappa shape index (κ2) is 8.40. The summed E-state index contributed by atoms with van der Waals surface area (Å²) in [6.07, 6.45) is 3.01. The maximum absolute atomic E-state index is 12.4. The number of halogens is 1. The molecule has 0 saturated carbocycles. The number of hydrogen-bond donors (Lipinski definition) is 2. The van der Waals surface area contributed by atoms with Crippen molar-refractivity contribution in [1.29, 1.82) is 0 Å². The Kier molecular flexibility index (Phi) is 5.95. The van der Waals surface area contributed by atoms with Crippen LogP contribution in [0.2, 0.25) is 5.02 Å². The molecule has 0 spiro atoms. The second-order valence-electron chi connectivity index (χ2n) is 7.55. The highest BCUT2D eigenvalue weighted by Gasteiger charge is 2.14. The number of nitrogens with one attached hydrogen (secondary N) is 2. The van der Waals surface area contributed by atoms with Gasteiger partial charge in [-0.1, -0.05) is 56.6 Å². The normalized spacial score (nSPS) is 11.1. The predicted molar refractivity (Wildman–Crippen MR) is 114 cm³/mol. The van der Waals surface area contributed by atoms with E-state index in [-0.39, 0.29) is 17.0 Å². The monoisotopic (exact) mass is 394 g/mol. The number of carbonyl (C=O) groups excluding carboxylic acids is 1. The third-order valence-electron chi connectivity index (χ3n) is 4.28. The number of benzene rings is 2. The molecule has 0 atom stereocenters. The number of carbonyl (C=O) groups is 1. The van der Waals surface area contributed by atoms with Gasteiger partial charge in [0.25, 0.3) is 5.91 Å². The summed E-state index contributed by atoms with van der Waals surface area (Å²) in [6.45, 7) is 7.05. The lowest BCUT2D eigenvalue weighted by molar-refractivity contribution is 0.102. The molecule has 5 nitrogen and oxygen atoms in total. The molecule has 1 heterocycles. The summed E-state index contributed by atoms with van der Waals surface area (Å²) in [6, 6.07) is 15.4. The molecule has 3 rings (SSSR count). The van der Waals surface area contributed by atoms with Gasteiger partial charge in [0.2, 0.25) is 0 Å². The van der Waals surface area contributed by atoms with Crippen molar-refractivity contribution in [2.75, 3.05) is 10.6 Å². The molecule has 1 amide bonds. The van der Waals surface area contributed by atoms with Gasteiger partial charge < -0.3 is 10.6 Å². The fourth-order valence-electron chi connectivity index (χ4n) is 2.58. The first-order valence-corrected chi connectivity index (χ1v) is 9.41. The van der Waals surface area contributed by atoms with Crippen LogP contribution in [0.1, 0.15) is 42.4 Å². The minimum absolute atomic E-state index is 0.0723. The topological polar surface area (TPSA) is 66.9 Å². The minimum Gasteiger partial charge on any atom is -0.365 e. The van der Waals surface area contributed by atoms with Crippen molar-refractivity contribution >= 4 is 29.0 Å². The molecule has 144 valence electrons. The summed E-state index contributed by atoms with van der Waals surface area (Å²) in [5.74, 6) is 0.307. The molecule has 0 unspecified atom stereocenters. The Hall–Kier alpha value is -2.92. The number of amides is 1. The Labute approximate surface area is 170 Å². The molecule has 0 bridgehead atoms. The summed E-state index contributed by atoms with van der Waals surface area (Å²) < 4.78 is 0. The molecule has 0 radical (unpaired) electrons. The number of anilines is 2. The maximum Gasteiger partial charge on any atom is 0.275 e. The van der Waals surface area contributed by atoms with Gasteiger partial charge in [-0.2, -0.15) is 0 Å². The molecule has 0 saturated heterocycles. The zero-order chi connectivity index (χ0) is 20.1. The average molecular weight is 395 g/mol. The highest BCUT2D eigenvalue weighted by molar-refractivity contribution is 6.30. The molecule has 0 aliphatic heterocycles. The standard InChI is InChI=1S/C22H23ClN4O/c1-22(2,3)16-6-10-18(11-7-16)27-21(28)19-13-26-20(14-24-19)25-12-15-4-8-17(23)9-5-15/h4-11,13-14H,12H2,1-3H3,(H,25,26)(H,27,28). The van der Waals surface area contributed by atoms with Gasteiger partial charge in [0.05, 0.1) is 12.4 Å². The van der Waals surface area contributed by atoms with Crippen LogP contribution in [0.25, 0.3) is 0 Å². The van der Waals surface area contributed by atoms with Crippen LogP contribution in [0.5, 0.6) is 0 Å². The summed E-state index contributed by atoms with van der Waals surface area (Å²) >= 11 is 5.88. The van der Waals surface area contributed by atoms with E-state index in [0.29, 0.717) is 17.4 Å². The molecule has 1 aromatic heterocycles. The molecule has 28 heavy (non-hydrogen) atoms. The Balaban J connectivity index is 1.58. The van der Waals surface area contributed by atoms with Crippen molar-refractivity contribution in [2.24, 2.45) is 0 Å². The third kappa shape index (κ3) is 5.30. The van der Waals surface area contributed by atoms with Crippen LogP contribution in [-0.4, -0.2) is 15.9 Å². The summed E-state index contributed by atoms with van der Waals surface area (Å²) in [5, 5.41) is 6.71. The predicted octanol–water partition coefficient (Wildman–Crippen LogP) is 5.29. The fraction of sp³-hybridized carbons (Fsp3) is 0.227. The lowest BCUT2D eigenvalue weighted by Gasteiger charge is -2.19. The molecule has 0 aliphatic carbocycles. The van der Waals surface area contributed by atoms with Crippen molar-refractivity contribution in [3.8, 4) is 0 Å². The van der Waals surface area contributed by atoms with Gasteiger partial charge in [-0.3, -0.25) is 4.79 Å². The first-order chi connectivity index (χ1) is 13.3. The highest BCUT2D eigenvalue weighted by Crippen LogP contribution is 2.23. The average Bonchev–Trinajstić information content (AvgIpc) is 2.67. The van der Waals surface area contributed by atoms with Crippen LogP contribution in [0.15, 0.2) is 60.9 Å². The van der Waals surface area contributed by atoms with Gasteiger partial charge in [0.15, 0.2) is 0 Å². The minimum atomic E-state index is -0.291. The van der Waals surface area contributed by atoms with E-state index in [1.807, 2.05) is 48.5 Å². The zero-order valence-corrected chi connectivity index (χ0v) is 16.9. The lowest BCUT2D eigenvalue weighted by Crippen LogP contribution is -2.15. The van der Waals surface area contributed by atoms with Crippen molar-refractivity contribution in [2.45, 2.75) is 32.7 Å². The Morgan fingerprint density at radius 3 is 2.21 bits per heavy atom. The summed E-state index contributed by atoms with van der Waals surface area (Å²) in [7, 11) is 0. The second-order valence-corrected chi connectivity index (χ2v) is 7.98. The third-order valence-corrected chi connectivity index (χ3v) is 4.53. The number of rotatable bonds is 5. The van der Waals surface area contributed by atoms with Crippen molar-refractivity contribution in [3.05, 3.63) is 82.8 Å². The first-order valence-electron chi connectivity index (χ1n) is 9.03. The molecule has 3 aromatic rings. The zero-order valence-electron chi connectivity index (χ0n) is 16.2. The van der Waals surface area contributed by atoms with Gasteiger partial charge in [-0.25, -0.2) is 9.97 Å². The van der Waals surface area contributed by atoms with Gasteiger partial charge >= 0.3 is 0 Å². The van der Waals surface area contributed by atoms with Crippen LogP contribution < -0.4 is 10.6 Å². The van der Waals surface area contributed by atoms with Gasteiger partial charge in [0.1, 0.15) is 11.5 Å². The van der Waals surface area contributed by atoms with E-state index in [1.54, 1.807) is 6.20 Å². The van der Waals surface area contributed by atoms with E-state index >= 15 is 0 Å². The van der Waals surface area contributed by atoms with E-state index in [9.17, 15) is 4.79 Å². The number of hydrogen-bond acceptors (Lipinski definition) is 4. The van der Waals surface area contributed by atoms with E-state index < -0.39 is 0 Å². The van der Waals surface area contributed by atoms with E-state index in [2.05, 4.69) is 41.4 Å². The van der Waals surface area contributed by atoms with Crippen molar-refractivity contribution < 1.29 is 4.79 Å². The van der Waals surface area contributed by atoms with E-state index in [4.69, 9.17) is 11.6 Å². The molecule has 2 aromatic carbocycles. The molecule has 0 fully saturated rings. The summed E-state index contributed by atoms with van der Waals surface area (Å²) in [4.78, 5) is 20.8. The quantitative estimate of drug-likeness (QED) is 0.616. The van der Waals surface area contributed by atoms with Crippen LogP contribution in [0.4, 0.5) is 11.5 Å². The first kappa shape index (κ1) is 19.8. The van der Waals surface area contributed by atoms with Crippen LogP contribution >= 0.6 is 11.6 Å². The Morgan fingerprint density at radius 2 is 1.64 bits per heavy atom. The van der Waals surface area contributed by atoms with Gasteiger partial charge in [-0.15, -0.1) is 0 Å². The molecular weight excluding hydrogens is 372 g/mol. The molecule has 2 N–H and O–H groups in total. The SMILES string of the molecule is CC(C)(C)c1ccc(NC(=O)c2cnc(NCc3ccc(Cl)cc3)cn2)cc1. The largest absolute Gasteiger partial charge is 0.365 e. The van der Waals surface area contributed by atoms with E-state index in [1.165, 1.54) is 11.8 Å². The molecular formula is C22H23ClN4O. The van der Waals surface area contributed by atoms with Gasteiger partial charge in [-0.05, 0) is 40.8 Å². The van der Waals surface area contributed by atoms with E-state index in [0.717, 1.165) is 11.3 Å².